The molecule has 5 nitrogen and oxygen atoms in total. The van der Waals surface area contributed by atoms with Gasteiger partial charge in [-0.1, -0.05) is 6.07 Å². The summed E-state index contributed by atoms with van der Waals surface area (Å²) in [6.45, 7) is 0.364. The quantitative estimate of drug-likeness (QED) is 0.868. The van der Waals surface area contributed by atoms with E-state index >= 15 is 0 Å². The Balaban J connectivity index is 1.97. The molecule has 1 N–H and O–H groups in total. The zero-order valence-corrected chi connectivity index (χ0v) is 9.61. The fraction of sp³-hybridized carbons (Fsp3) is 0.154. The number of carboxylic acids is 1. The molecule has 0 aliphatic rings. The van der Waals surface area contributed by atoms with E-state index in [2.05, 4.69) is 9.97 Å². The Morgan fingerprint density at radius 3 is 2.89 bits per heavy atom. The van der Waals surface area contributed by atoms with Crippen molar-refractivity contribution < 1.29 is 14.6 Å². The zero-order chi connectivity index (χ0) is 12.8. The van der Waals surface area contributed by atoms with Crippen LogP contribution < -0.4 is 4.74 Å². The molecule has 0 spiro atoms. The molecular weight excluding hydrogens is 232 g/mol. The standard InChI is InChI=1S/C13H12N2O3/c16-13(17)11-4-7-14-9-12(11)18-8-5-10-3-1-2-6-15-10/h1-4,6-7,9H,5,8H2,(H,16,17). The molecule has 2 aromatic rings. The van der Waals surface area contributed by atoms with Crippen LogP contribution >= 0.6 is 0 Å². The molecule has 18 heavy (non-hydrogen) atoms. The molecule has 0 aliphatic heterocycles. The number of aromatic carboxylic acids is 1. The second-order valence-corrected chi connectivity index (χ2v) is 3.60. The third kappa shape index (κ3) is 3.04. The molecule has 5 heteroatoms. The monoisotopic (exact) mass is 244 g/mol. The lowest BCUT2D eigenvalue weighted by Gasteiger charge is -2.07. The first kappa shape index (κ1) is 12.0. The molecule has 0 saturated carbocycles. The summed E-state index contributed by atoms with van der Waals surface area (Å²) < 4.78 is 5.42. The lowest BCUT2D eigenvalue weighted by Crippen LogP contribution is -2.07. The molecule has 0 bridgehead atoms. The van der Waals surface area contributed by atoms with Gasteiger partial charge in [-0.3, -0.25) is 9.97 Å². The predicted octanol–water partition coefficient (Wildman–Crippen LogP) is 1.80. The first-order chi connectivity index (χ1) is 8.77. The van der Waals surface area contributed by atoms with E-state index in [1.807, 2.05) is 18.2 Å². The van der Waals surface area contributed by atoms with Gasteiger partial charge in [-0.25, -0.2) is 4.79 Å². The number of nitrogens with zero attached hydrogens (tertiary/aromatic N) is 2. The first-order valence-electron chi connectivity index (χ1n) is 5.47. The van der Waals surface area contributed by atoms with Crippen LogP contribution in [0.1, 0.15) is 16.1 Å². The maximum atomic E-state index is 10.9. The number of aromatic nitrogens is 2. The summed E-state index contributed by atoms with van der Waals surface area (Å²) in [6, 6.07) is 7.05. The van der Waals surface area contributed by atoms with E-state index in [9.17, 15) is 4.79 Å². The molecule has 2 rings (SSSR count). The maximum absolute atomic E-state index is 10.9. The highest BCUT2D eigenvalue weighted by atomic mass is 16.5. The lowest BCUT2D eigenvalue weighted by atomic mass is 10.2. The van der Waals surface area contributed by atoms with Crippen LogP contribution in [0.3, 0.4) is 0 Å². The minimum atomic E-state index is -1.02. The van der Waals surface area contributed by atoms with Crippen molar-refractivity contribution in [2.75, 3.05) is 6.61 Å². The number of hydrogen-bond acceptors (Lipinski definition) is 4. The lowest BCUT2D eigenvalue weighted by molar-refractivity contribution is 0.0692. The molecule has 0 aromatic carbocycles. The zero-order valence-electron chi connectivity index (χ0n) is 9.61. The normalized spacial score (nSPS) is 10.0. The van der Waals surface area contributed by atoms with Crippen molar-refractivity contribution in [3.05, 3.63) is 54.1 Å². The Hall–Kier alpha value is -2.43. The minimum Gasteiger partial charge on any atom is -0.491 e. The van der Waals surface area contributed by atoms with Gasteiger partial charge in [-0.05, 0) is 18.2 Å². The van der Waals surface area contributed by atoms with E-state index in [1.54, 1.807) is 6.20 Å². The van der Waals surface area contributed by atoms with E-state index in [4.69, 9.17) is 9.84 Å². The van der Waals surface area contributed by atoms with Gasteiger partial charge < -0.3 is 9.84 Å². The van der Waals surface area contributed by atoms with Crippen LogP contribution in [0, 0.1) is 0 Å². The molecule has 0 amide bonds. The van der Waals surface area contributed by atoms with Crippen molar-refractivity contribution in [2.24, 2.45) is 0 Å². The van der Waals surface area contributed by atoms with Gasteiger partial charge in [-0.2, -0.15) is 0 Å². The third-order valence-corrected chi connectivity index (χ3v) is 2.36. The average molecular weight is 244 g/mol. The summed E-state index contributed by atoms with van der Waals surface area (Å²) >= 11 is 0. The Morgan fingerprint density at radius 1 is 1.28 bits per heavy atom. The summed E-state index contributed by atoms with van der Waals surface area (Å²) in [4.78, 5) is 18.9. The van der Waals surface area contributed by atoms with E-state index in [0.717, 1.165) is 5.69 Å². The molecule has 0 radical (unpaired) electrons. The Labute approximate surface area is 104 Å². The SMILES string of the molecule is O=C(O)c1ccncc1OCCc1ccccn1. The molecule has 92 valence electrons. The number of ether oxygens (including phenoxy) is 1. The number of carbonyl (C=O) groups is 1. The molecule has 0 saturated heterocycles. The van der Waals surface area contributed by atoms with E-state index in [-0.39, 0.29) is 11.3 Å². The molecule has 0 atom stereocenters. The van der Waals surface area contributed by atoms with Gasteiger partial charge in [0.2, 0.25) is 0 Å². The largest absolute Gasteiger partial charge is 0.491 e. The van der Waals surface area contributed by atoms with Crippen LogP contribution in [-0.4, -0.2) is 27.7 Å². The minimum absolute atomic E-state index is 0.117. The summed E-state index contributed by atoms with van der Waals surface area (Å²) in [7, 11) is 0. The van der Waals surface area contributed by atoms with Gasteiger partial charge in [0.25, 0.3) is 0 Å². The van der Waals surface area contributed by atoms with Crippen LogP contribution in [0.25, 0.3) is 0 Å². The van der Waals surface area contributed by atoms with E-state index < -0.39 is 5.97 Å². The molecule has 2 aromatic heterocycles. The van der Waals surface area contributed by atoms with Gasteiger partial charge in [0.1, 0.15) is 5.56 Å². The highest BCUT2D eigenvalue weighted by molar-refractivity contribution is 5.90. The third-order valence-electron chi connectivity index (χ3n) is 2.36. The molecular formula is C13H12N2O3. The van der Waals surface area contributed by atoms with Crippen LogP contribution in [0.4, 0.5) is 0 Å². The van der Waals surface area contributed by atoms with Gasteiger partial charge in [0.15, 0.2) is 5.75 Å². The van der Waals surface area contributed by atoms with E-state index in [1.165, 1.54) is 18.5 Å². The van der Waals surface area contributed by atoms with Crippen molar-refractivity contribution >= 4 is 5.97 Å². The first-order valence-corrected chi connectivity index (χ1v) is 5.47. The maximum Gasteiger partial charge on any atom is 0.339 e. The number of pyridine rings is 2. The highest BCUT2D eigenvalue weighted by Gasteiger charge is 2.10. The van der Waals surface area contributed by atoms with E-state index in [0.29, 0.717) is 13.0 Å². The van der Waals surface area contributed by atoms with Crippen LogP contribution in [0.2, 0.25) is 0 Å². The van der Waals surface area contributed by atoms with Crippen LogP contribution in [-0.2, 0) is 6.42 Å². The highest BCUT2D eigenvalue weighted by Crippen LogP contribution is 2.16. The predicted molar refractivity (Wildman–Crippen MR) is 64.6 cm³/mol. The summed E-state index contributed by atoms with van der Waals surface area (Å²) in [6.07, 6.45) is 5.16. The van der Waals surface area contributed by atoms with Crippen molar-refractivity contribution in [3.8, 4) is 5.75 Å². The fourth-order valence-corrected chi connectivity index (χ4v) is 1.48. The number of hydrogen-bond donors (Lipinski definition) is 1. The summed E-state index contributed by atoms with van der Waals surface area (Å²) in [5, 5.41) is 8.96. The van der Waals surface area contributed by atoms with Crippen molar-refractivity contribution in [1.82, 2.24) is 9.97 Å². The molecule has 0 fully saturated rings. The Morgan fingerprint density at radius 2 is 2.17 bits per heavy atom. The van der Waals surface area contributed by atoms with Gasteiger partial charge in [0.05, 0.1) is 12.8 Å². The Bertz CT molecular complexity index is 529. The second-order valence-electron chi connectivity index (χ2n) is 3.60. The number of carboxylic acid groups (broad SMARTS) is 1. The fourth-order valence-electron chi connectivity index (χ4n) is 1.48. The topological polar surface area (TPSA) is 72.3 Å². The van der Waals surface area contributed by atoms with Crippen LogP contribution in [0.5, 0.6) is 5.75 Å². The molecule has 0 unspecified atom stereocenters. The van der Waals surface area contributed by atoms with Gasteiger partial charge >= 0.3 is 5.97 Å². The second kappa shape index (κ2) is 5.77. The van der Waals surface area contributed by atoms with Crippen LogP contribution in [0.15, 0.2) is 42.9 Å². The van der Waals surface area contributed by atoms with Gasteiger partial charge in [-0.15, -0.1) is 0 Å². The van der Waals surface area contributed by atoms with Crippen molar-refractivity contribution in [1.29, 1.82) is 0 Å². The Kier molecular flexibility index (Phi) is 3.86. The average Bonchev–Trinajstić information content (AvgIpc) is 2.40. The molecule has 0 aliphatic carbocycles. The van der Waals surface area contributed by atoms with Crippen molar-refractivity contribution in [2.45, 2.75) is 6.42 Å². The molecule has 2 heterocycles. The summed E-state index contributed by atoms with van der Waals surface area (Å²) in [5.41, 5.74) is 1.02. The summed E-state index contributed by atoms with van der Waals surface area (Å²) in [5.74, 6) is -0.744. The smallest absolute Gasteiger partial charge is 0.339 e. The van der Waals surface area contributed by atoms with Gasteiger partial charge in [0, 0.05) is 24.5 Å². The van der Waals surface area contributed by atoms with Crippen molar-refractivity contribution in [3.63, 3.8) is 0 Å². The number of rotatable bonds is 5.